The summed E-state index contributed by atoms with van der Waals surface area (Å²) in [4.78, 5) is 8.41. The van der Waals surface area contributed by atoms with Crippen LogP contribution < -0.4 is 5.32 Å². The minimum atomic E-state index is 0.380. The minimum Gasteiger partial charge on any atom is -0.339 e. The van der Waals surface area contributed by atoms with Crippen LogP contribution in [0.2, 0.25) is 5.15 Å². The number of nitrogens with one attached hydrogen (secondary N) is 1. The third kappa shape index (κ3) is 3.43. The Morgan fingerprint density at radius 2 is 2.16 bits per heavy atom. The molecule has 0 atom stereocenters. The van der Waals surface area contributed by atoms with Crippen LogP contribution in [0, 0.1) is 11.3 Å². The van der Waals surface area contributed by atoms with Crippen molar-refractivity contribution in [2.24, 2.45) is 0 Å². The molecule has 96 valence electrons. The highest BCUT2D eigenvalue weighted by atomic mass is 79.9. The summed E-state index contributed by atoms with van der Waals surface area (Å²) in [6.07, 6.45) is 0.695. The van der Waals surface area contributed by atoms with E-state index in [0.717, 1.165) is 4.47 Å². The Morgan fingerprint density at radius 3 is 2.84 bits per heavy atom. The van der Waals surface area contributed by atoms with Gasteiger partial charge in [-0.15, -0.1) is 0 Å². The number of aryl methyl sites for hydroxylation is 1. The van der Waals surface area contributed by atoms with Crippen LogP contribution in [0.15, 0.2) is 28.7 Å². The van der Waals surface area contributed by atoms with Gasteiger partial charge in [0.15, 0.2) is 0 Å². The van der Waals surface area contributed by atoms with E-state index < -0.39 is 0 Å². The number of hydrogen-bond donors (Lipinski definition) is 1. The Hall–Kier alpha value is -1.64. The molecule has 4 nitrogen and oxygen atoms in total. The van der Waals surface area contributed by atoms with Gasteiger partial charge in [-0.2, -0.15) is 5.26 Å². The van der Waals surface area contributed by atoms with Crippen molar-refractivity contribution in [3.63, 3.8) is 0 Å². The summed E-state index contributed by atoms with van der Waals surface area (Å²) in [7, 11) is 0. The predicted octanol–water partition coefficient (Wildman–Crippen LogP) is 4.07. The van der Waals surface area contributed by atoms with Crippen LogP contribution in [0.1, 0.15) is 18.3 Å². The zero-order valence-electron chi connectivity index (χ0n) is 10.1. The Labute approximate surface area is 124 Å². The van der Waals surface area contributed by atoms with Gasteiger partial charge in [0.2, 0.25) is 0 Å². The highest BCUT2D eigenvalue weighted by molar-refractivity contribution is 9.10. The first-order valence-electron chi connectivity index (χ1n) is 5.62. The molecule has 0 bridgehead atoms. The van der Waals surface area contributed by atoms with E-state index in [1.54, 1.807) is 12.1 Å². The van der Waals surface area contributed by atoms with Crippen molar-refractivity contribution in [1.29, 1.82) is 5.26 Å². The summed E-state index contributed by atoms with van der Waals surface area (Å²) < 4.78 is 0.851. The van der Waals surface area contributed by atoms with Gasteiger partial charge < -0.3 is 5.32 Å². The first-order chi connectivity index (χ1) is 9.12. The summed E-state index contributed by atoms with van der Waals surface area (Å²) >= 11 is 9.26. The fourth-order valence-corrected chi connectivity index (χ4v) is 2.10. The maximum absolute atomic E-state index is 9.11. The third-order valence-electron chi connectivity index (χ3n) is 2.42. The molecule has 0 saturated heterocycles. The lowest BCUT2D eigenvalue weighted by molar-refractivity contribution is 0.943. The van der Waals surface area contributed by atoms with E-state index in [2.05, 4.69) is 37.3 Å². The first kappa shape index (κ1) is 13.8. The zero-order chi connectivity index (χ0) is 13.8. The van der Waals surface area contributed by atoms with Gasteiger partial charge in [0, 0.05) is 17.0 Å². The van der Waals surface area contributed by atoms with E-state index in [9.17, 15) is 0 Å². The van der Waals surface area contributed by atoms with Gasteiger partial charge >= 0.3 is 0 Å². The molecule has 0 aliphatic carbocycles. The summed E-state index contributed by atoms with van der Waals surface area (Å²) in [6.45, 7) is 1.95. The van der Waals surface area contributed by atoms with E-state index >= 15 is 0 Å². The third-order valence-corrected chi connectivity index (χ3v) is 3.11. The van der Waals surface area contributed by atoms with Crippen molar-refractivity contribution in [2.75, 3.05) is 5.32 Å². The number of nitriles is 1. The van der Waals surface area contributed by atoms with Gasteiger partial charge in [-0.3, -0.25) is 0 Å². The van der Waals surface area contributed by atoms with Crippen LogP contribution in [0.4, 0.5) is 11.5 Å². The van der Waals surface area contributed by atoms with Crippen molar-refractivity contribution in [2.45, 2.75) is 13.3 Å². The molecule has 0 aliphatic rings. The molecular weight excluding hydrogens is 328 g/mol. The van der Waals surface area contributed by atoms with Crippen molar-refractivity contribution >= 4 is 39.0 Å². The summed E-state index contributed by atoms with van der Waals surface area (Å²) in [6, 6.07) is 9.17. The van der Waals surface area contributed by atoms with E-state index in [-0.39, 0.29) is 0 Å². The maximum Gasteiger partial charge on any atom is 0.135 e. The number of benzene rings is 1. The molecule has 0 aliphatic heterocycles. The van der Waals surface area contributed by atoms with Crippen LogP contribution in [0.3, 0.4) is 0 Å². The van der Waals surface area contributed by atoms with Crippen LogP contribution in [0.5, 0.6) is 0 Å². The Kier molecular flexibility index (Phi) is 4.35. The van der Waals surface area contributed by atoms with Crippen molar-refractivity contribution in [3.8, 4) is 6.07 Å². The number of anilines is 2. The molecule has 1 N–H and O–H groups in total. The molecular formula is C13H10BrClN4. The van der Waals surface area contributed by atoms with E-state index in [4.69, 9.17) is 16.9 Å². The zero-order valence-corrected chi connectivity index (χ0v) is 12.5. The molecule has 2 aromatic rings. The Balaban J connectivity index is 2.36. The average Bonchev–Trinajstić information content (AvgIpc) is 2.40. The fourth-order valence-electron chi connectivity index (χ4n) is 1.54. The molecule has 1 aromatic carbocycles. The number of nitrogens with zero attached hydrogens (tertiary/aromatic N) is 3. The highest BCUT2D eigenvalue weighted by Gasteiger charge is 2.06. The molecule has 19 heavy (non-hydrogen) atoms. The lowest BCUT2D eigenvalue weighted by Crippen LogP contribution is -2.00. The second-order valence-corrected chi connectivity index (χ2v) is 5.08. The van der Waals surface area contributed by atoms with Crippen molar-refractivity contribution in [3.05, 3.63) is 45.3 Å². The second kappa shape index (κ2) is 6.00. The minimum absolute atomic E-state index is 0.380. The smallest absolute Gasteiger partial charge is 0.135 e. The molecule has 1 heterocycles. The van der Waals surface area contributed by atoms with Crippen molar-refractivity contribution in [1.82, 2.24) is 9.97 Å². The van der Waals surface area contributed by atoms with Crippen LogP contribution >= 0.6 is 27.5 Å². The predicted molar refractivity (Wildman–Crippen MR) is 78.6 cm³/mol. The number of halogens is 2. The standard InChI is InChI=1S/C13H10BrClN4/c1-2-12-18-11(15)6-13(19-12)17-10-4-3-9(14)5-8(10)7-16/h3-6H,2H2,1H3,(H,17,18,19). The molecule has 6 heteroatoms. The number of hydrogen-bond acceptors (Lipinski definition) is 4. The van der Waals surface area contributed by atoms with E-state index in [1.165, 1.54) is 0 Å². The molecule has 0 fully saturated rings. The number of aromatic nitrogens is 2. The highest BCUT2D eigenvalue weighted by Crippen LogP contribution is 2.24. The Bertz CT molecular complexity index is 652. The maximum atomic E-state index is 9.11. The fraction of sp³-hybridized carbons (Fsp3) is 0.154. The molecule has 2 rings (SSSR count). The summed E-state index contributed by atoms with van der Waals surface area (Å²) in [5.41, 5.74) is 1.21. The molecule has 0 spiro atoms. The Morgan fingerprint density at radius 1 is 1.37 bits per heavy atom. The van der Waals surface area contributed by atoms with Crippen LogP contribution in [-0.4, -0.2) is 9.97 Å². The second-order valence-electron chi connectivity index (χ2n) is 3.77. The SMILES string of the molecule is CCc1nc(Cl)cc(Nc2ccc(Br)cc2C#N)n1. The quantitative estimate of drug-likeness (QED) is 0.858. The number of rotatable bonds is 3. The molecule has 0 unspecified atom stereocenters. The van der Waals surface area contributed by atoms with Gasteiger partial charge in [0.25, 0.3) is 0 Å². The molecule has 0 saturated carbocycles. The lowest BCUT2D eigenvalue weighted by atomic mass is 10.2. The molecule has 1 aromatic heterocycles. The van der Waals surface area contributed by atoms with E-state index in [1.807, 2.05) is 19.1 Å². The summed E-state index contributed by atoms with van der Waals surface area (Å²) in [5, 5.41) is 12.6. The lowest BCUT2D eigenvalue weighted by Gasteiger charge is -2.09. The van der Waals surface area contributed by atoms with Gasteiger partial charge in [-0.1, -0.05) is 34.5 Å². The first-order valence-corrected chi connectivity index (χ1v) is 6.79. The van der Waals surface area contributed by atoms with Crippen LogP contribution in [-0.2, 0) is 6.42 Å². The normalized spacial score (nSPS) is 10.0. The summed E-state index contributed by atoms with van der Waals surface area (Å²) in [5.74, 6) is 1.24. The molecule has 0 radical (unpaired) electrons. The van der Waals surface area contributed by atoms with Gasteiger partial charge in [-0.05, 0) is 18.2 Å². The van der Waals surface area contributed by atoms with E-state index in [0.29, 0.717) is 34.5 Å². The van der Waals surface area contributed by atoms with Gasteiger partial charge in [0.05, 0.1) is 11.3 Å². The largest absolute Gasteiger partial charge is 0.339 e. The van der Waals surface area contributed by atoms with Crippen molar-refractivity contribution < 1.29 is 0 Å². The van der Waals surface area contributed by atoms with Crippen LogP contribution in [0.25, 0.3) is 0 Å². The van der Waals surface area contributed by atoms with Gasteiger partial charge in [0.1, 0.15) is 22.9 Å². The van der Waals surface area contributed by atoms with Gasteiger partial charge in [-0.25, -0.2) is 9.97 Å². The monoisotopic (exact) mass is 336 g/mol. The average molecular weight is 338 g/mol. The topological polar surface area (TPSA) is 61.6 Å². The molecule has 0 amide bonds.